The Hall–Kier alpha value is -0.540. The number of halogens is 1. The Bertz CT molecular complexity index is 359. The topological polar surface area (TPSA) is 38.0 Å². The maximum absolute atomic E-state index is 5.73. The van der Waals surface area contributed by atoms with Crippen LogP contribution in [0.4, 0.5) is 5.69 Å². The van der Waals surface area contributed by atoms with E-state index in [9.17, 15) is 0 Å². The maximum atomic E-state index is 5.73. The summed E-state index contributed by atoms with van der Waals surface area (Å²) in [4.78, 5) is 0. The molecule has 3 N–H and O–H groups in total. The molecule has 82 valence electrons. The molecule has 0 amide bonds. The van der Waals surface area contributed by atoms with Gasteiger partial charge < -0.3 is 11.1 Å². The molecule has 0 spiro atoms. The van der Waals surface area contributed by atoms with Gasteiger partial charge in [-0.15, -0.1) is 0 Å². The van der Waals surface area contributed by atoms with Crippen molar-refractivity contribution in [1.82, 2.24) is 5.32 Å². The Morgan fingerprint density at radius 2 is 2.20 bits per heavy atom. The second kappa shape index (κ2) is 4.14. The Kier molecular flexibility index (Phi) is 3.03. The molecule has 1 aliphatic rings. The van der Waals surface area contributed by atoms with Gasteiger partial charge in [-0.25, -0.2) is 0 Å². The zero-order valence-corrected chi connectivity index (χ0v) is 10.6. The highest BCUT2D eigenvalue weighted by Gasteiger charge is 2.36. The second-order valence-corrected chi connectivity index (χ2v) is 5.62. The number of benzene rings is 1. The Labute approximate surface area is 99.4 Å². The van der Waals surface area contributed by atoms with Crippen LogP contribution in [-0.2, 0) is 6.54 Å². The quantitative estimate of drug-likeness (QED) is 0.825. The number of hydrogen-bond donors (Lipinski definition) is 2. The van der Waals surface area contributed by atoms with Gasteiger partial charge in [0.05, 0.1) is 0 Å². The summed E-state index contributed by atoms with van der Waals surface area (Å²) in [5.74, 6) is 0. The molecule has 3 heteroatoms. The summed E-state index contributed by atoms with van der Waals surface area (Å²) in [7, 11) is 0. The summed E-state index contributed by atoms with van der Waals surface area (Å²) in [5, 5.41) is 3.49. The highest BCUT2D eigenvalue weighted by molar-refractivity contribution is 9.10. The van der Waals surface area contributed by atoms with E-state index >= 15 is 0 Å². The van der Waals surface area contributed by atoms with Crippen LogP contribution < -0.4 is 11.1 Å². The third-order valence-corrected chi connectivity index (χ3v) is 3.74. The van der Waals surface area contributed by atoms with E-state index < -0.39 is 0 Å². The number of nitrogens with one attached hydrogen (secondary N) is 1. The van der Waals surface area contributed by atoms with Gasteiger partial charge in [-0.2, -0.15) is 0 Å². The van der Waals surface area contributed by atoms with Crippen LogP contribution in [-0.4, -0.2) is 6.54 Å². The van der Waals surface area contributed by atoms with Crippen molar-refractivity contribution < 1.29 is 0 Å². The smallest absolute Gasteiger partial charge is 0.0458 e. The first-order valence-electron chi connectivity index (χ1n) is 5.34. The molecular weight excluding hydrogens is 252 g/mol. The molecule has 0 bridgehead atoms. The van der Waals surface area contributed by atoms with Gasteiger partial charge in [-0.3, -0.25) is 0 Å². The molecule has 1 aromatic carbocycles. The van der Waals surface area contributed by atoms with Gasteiger partial charge in [0, 0.05) is 23.2 Å². The van der Waals surface area contributed by atoms with Crippen LogP contribution in [0.2, 0.25) is 0 Å². The molecule has 0 aromatic heterocycles. The minimum absolute atomic E-state index is 0.574. The standard InChI is InChI=1S/C12H17BrN2/c1-12(4-5-12)8-15-7-9-2-3-11(14)10(13)6-9/h2-3,6,15H,4-5,7-8,14H2,1H3. The summed E-state index contributed by atoms with van der Waals surface area (Å²) in [5.41, 5.74) is 8.38. The molecule has 15 heavy (non-hydrogen) atoms. The van der Waals surface area contributed by atoms with E-state index in [1.54, 1.807) is 0 Å². The number of anilines is 1. The van der Waals surface area contributed by atoms with Crippen molar-refractivity contribution in [3.63, 3.8) is 0 Å². The molecular formula is C12H17BrN2. The molecule has 1 fully saturated rings. The number of nitrogens with two attached hydrogens (primary N) is 1. The summed E-state index contributed by atoms with van der Waals surface area (Å²) in [6.07, 6.45) is 2.73. The van der Waals surface area contributed by atoms with E-state index in [0.717, 1.165) is 23.2 Å². The predicted molar refractivity (Wildman–Crippen MR) is 67.6 cm³/mol. The summed E-state index contributed by atoms with van der Waals surface area (Å²) >= 11 is 3.44. The molecule has 2 nitrogen and oxygen atoms in total. The molecule has 0 heterocycles. The van der Waals surface area contributed by atoms with Crippen molar-refractivity contribution in [3.05, 3.63) is 28.2 Å². The van der Waals surface area contributed by atoms with Crippen molar-refractivity contribution in [1.29, 1.82) is 0 Å². The minimum atomic E-state index is 0.574. The maximum Gasteiger partial charge on any atom is 0.0458 e. The Balaban J connectivity index is 1.85. The number of hydrogen-bond acceptors (Lipinski definition) is 2. The molecule has 0 atom stereocenters. The van der Waals surface area contributed by atoms with E-state index in [4.69, 9.17) is 5.73 Å². The van der Waals surface area contributed by atoms with Gasteiger partial charge in [-0.05, 0) is 51.9 Å². The van der Waals surface area contributed by atoms with Crippen molar-refractivity contribution in [3.8, 4) is 0 Å². The van der Waals surface area contributed by atoms with Crippen molar-refractivity contribution >= 4 is 21.6 Å². The average molecular weight is 269 g/mol. The molecule has 1 saturated carbocycles. The van der Waals surface area contributed by atoms with Crippen LogP contribution in [0.3, 0.4) is 0 Å². The van der Waals surface area contributed by atoms with Crippen molar-refractivity contribution in [2.45, 2.75) is 26.3 Å². The van der Waals surface area contributed by atoms with Gasteiger partial charge in [0.15, 0.2) is 0 Å². The average Bonchev–Trinajstić information content (AvgIpc) is 2.90. The van der Waals surface area contributed by atoms with E-state index in [2.05, 4.69) is 40.3 Å². The number of nitrogen functional groups attached to an aromatic ring is 1. The van der Waals surface area contributed by atoms with E-state index in [-0.39, 0.29) is 0 Å². The Morgan fingerprint density at radius 1 is 1.47 bits per heavy atom. The lowest BCUT2D eigenvalue weighted by atomic mass is 10.1. The second-order valence-electron chi connectivity index (χ2n) is 4.77. The first-order valence-corrected chi connectivity index (χ1v) is 6.13. The Morgan fingerprint density at radius 3 is 2.80 bits per heavy atom. The highest BCUT2D eigenvalue weighted by atomic mass is 79.9. The normalized spacial score (nSPS) is 17.7. The fraction of sp³-hybridized carbons (Fsp3) is 0.500. The molecule has 0 unspecified atom stereocenters. The van der Waals surface area contributed by atoms with Crippen LogP contribution in [0.5, 0.6) is 0 Å². The third-order valence-electron chi connectivity index (χ3n) is 3.05. The zero-order valence-electron chi connectivity index (χ0n) is 9.02. The van der Waals surface area contributed by atoms with Crippen LogP contribution in [0, 0.1) is 5.41 Å². The lowest BCUT2D eigenvalue weighted by Gasteiger charge is -2.10. The van der Waals surface area contributed by atoms with E-state index in [1.165, 1.54) is 18.4 Å². The summed E-state index contributed by atoms with van der Waals surface area (Å²) in [6, 6.07) is 6.10. The molecule has 0 aliphatic heterocycles. The fourth-order valence-electron chi connectivity index (χ4n) is 1.58. The SMILES string of the molecule is CC1(CNCc2ccc(N)c(Br)c2)CC1. The molecule has 0 saturated heterocycles. The molecule has 1 aromatic rings. The highest BCUT2D eigenvalue weighted by Crippen LogP contribution is 2.44. The van der Waals surface area contributed by atoms with Crippen LogP contribution in [0.25, 0.3) is 0 Å². The first kappa shape index (κ1) is 11.0. The largest absolute Gasteiger partial charge is 0.398 e. The van der Waals surface area contributed by atoms with Crippen LogP contribution >= 0.6 is 15.9 Å². The van der Waals surface area contributed by atoms with Gasteiger partial charge >= 0.3 is 0 Å². The van der Waals surface area contributed by atoms with Crippen molar-refractivity contribution in [2.75, 3.05) is 12.3 Å². The van der Waals surface area contributed by atoms with Crippen LogP contribution in [0.15, 0.2) is 22.7 Å². The monoisotopic (exact) mass is 268 g/mol. The lowest BCUT2D eigenvalue weighted by molar-refractivity contribution is 0.499. The fourth-order valence-corrected chi connectivity index (χ4v) is 2.01. The van der Waals surface area contributed by atoms with E-state index in [0.29, 0.717) is 5.41 Å². The minimum Gasteiger partial charge on any atom is -0.398 e. The first-order chi connectivity index (χ1) is 7.09. The van der Waals surface area contributed by atoms with Gasteiger partial charge in [0.1, 0.15) is 0 Å². The third kappa shape index (κ3) is 2.95. The van der Waals surface area contributed by atoms with Gasteiger partial charge in [-0.1, -0.05) is 13.0 Å². The molecule has 2 rings (SSSR count). The zero-order chi connectivity index (χ0) is 10.9. The summed E-state index contributed by atoms with van der Waals surface area (Å²) < 4.78 is 0.986. The summed E-state index contributed by atoms with van der Waals surface area (Å²) in [6.45, 7) is 4.38. The lowest BCUT2D eigenvalue weighted by Crippen LogP contribution is -2.21. The molecule has 0 radical (unpaired) electrons. The van der Waals surface area contributed by atoms with Gasteiger partial charge in [0.2, 0.25) is 0 Å². The predicted octanol–water partition coefficient (Wildman–Crippen LogP) is 2.92. The van der Waals surface area contributed by atoms with Crippen molar-refractivity contribution in [2.24, 2.45) is 5.41 Å². The van der Waals surface area contributed by atoms with Crippen LogP contribution in [0.1, 0.15) is 25.3 Å². The number of rotatable bonds is 4. The van der Waals surface area contributed by atoms with Gasteiger partial charge in [0.25, 0.3) is 0 Å². The molecule has 1 aliphatic carbocycles. The van der Waals surface area contributed by atoms with E-state index in [1.807, 2.05) is 6.07 Å².